The Kier molecular flexibility index (Phi) is 3.80. The van der Waals surface area contributed by atoms with E-state index in [1.807, 2.05) is 37.9 Å². The van der Waals surface area contributed by atoms with Gasteiger partial charge in [-0.25, -0.2) is 0 Å². The standard InChI is InChI=1S/C15H21NO3/c1-9-7-12(13(19-4)8-10(9)2)14(15(17)18)16(3)11-5-6-11/h7-8,11,14H,5-6H2,1-4H3,(H,17,18). The predicted octanol–water partition coefficient (Wildman–Crippen LogP) is 2.53. The highest BCUT2D eigenvalue weighted by atomic mass is 16.5. The van der Waals surface area contributed by atoms with Crippen LogP contribution in [0.15, 0.2) is 12.1 Å². The Morgan fingerprint density at radius 2 is 1.95 bits per heavy atom. The molecule has 1 saturated carbocycles. The summed E-state index contributed by atoms with van der Waals surface area (Å²) in [5, 5.41) is 9.56. The summed E-state index contributed by atoms with van der Waals surface area (Å²) in [5.41, 5.74) is 2.94. The van der Waals surface area contributed by atoms with Gasteiger partial charge in [-0.15, -0.1) is 0 Å². The number of rotatable bonds is 5. The molecule has 1 fully saturated rings. The summed E-state index contributed by atoms with van der Waals surface area (Å²) in [6.07, 6.45) is 2.15. The molecule has 0 aromatic heterocycles. The van der Waals surface area contributed by atoms with Gasteiger partial charge >= 0.3 is 5.97 Å². The second kappa shape index (κ2) is 5.21. The number of likely N-dealkylation sites (N-methyl/N-ethyl adjacent to an activating group) is 1. The first-order valence-corrected chi connectivity index (χ1v) is 6.55. The molecule has 0 bridgehead atoms. The minimum Gasteiger partial charge on any atom is -0.496 e. The fourth-order valence-corrected chi connectivity index (χ4v) is 2.42. The second-order valence-electron chi connectivity index (χ2n) is 5.32. The number of nitrogens with zero attached hydrogens (tertiary/aromatic N) is 1. The first-order valence-electron chi connectivity index (χ1n) is 6.55. The second-order valence-corrected chi connectivity index (χ2v) is 5.32. The maximum absolute atomic E-state index is 11.6. The van der Waals surface area contributed by atoms with Gasteiger partial charge in [0.15, 0.2) is 0 Å². The van der Waals surface area contributed by atoms with Crippen molar-refractivity contribution in [3.05, 3.63) is 28.8 Å². The highest BCUT2D eigenvalue weighted by Crippen LogP contribution is 2.37. The molecule has 1 aromatic rings. The molecule has 0 radical (unpaired) electrons. The average Bonchev–Trinajstić information content (AvgIpc) is 3.17. The van der Waals surface area contributed by atoms with E-state index in [2.05, 4.69) is 0 Å². The van der Waals surface area contributed by atoms with Crippen LogP contribution in [0.1, 0.15) is 35.6 Å². The van der Waals surface area contributed by atoms with Crippen LogP contribution in [0.25, 0.3) is 0 Å². The van der Waals surface area contributed by atoms with Crippen molar-refractivity contribution in [2.75, 3.05) is 14.2 Å². The number of hydrogen-bond donors (Lipinski definition) is 1. The Bertz CT molecular complexity index is 494. The van der Waals surface area contributed by atoms with Crippen molar-refractivity contribution in [2.24, 2.45) is 0 Å². The van der Waals surface area contributed by atoms with Gasteiger partial charge in [-0.1, -0.05) is 0 Å². The van der Waals surface area contributed by atoms with Crippen molar-refractivity contribution in [1.82, 2.24) is 4.90 Å². The van der Waals surface area contributed by atoms with Gasteiger partial charge in [0.05, 0.1) is 7.11 Å². The molecule has 1 aliphatic carbocycles. The average molecular weight is 263 g/mol. The molecular weight excluding hydrogens is 242 g/mol. The minimum atomic E-state index is -0.823. The van der Waals surface area contributed by atoms with Crippen molar-refractivity contribution in [3.63, 3.8) is 0 Å². The molecule has 2 rings (SSSR count). The van der Waals surface area contributed by atoms with E-state index in [0.717, 1.165) is 29.5 Å². The molecule has 1 N–H and O–H groups in total. The van der Waals surface area contributed by atoms with E-state index in [0.29, 0.717) is 11.8 Å². The Morgan fingerprint density at radius 1 is 1.37 bits per heavy atom. The van der Waals surface area contributed by atoms with Crippen LogP contribution in [-0.4, -0.2) is 36.2 Å². The third-order valence-corrected chi connectivity index (χ3v) is 3.90. The molecule has 4 heteroatoms. The van der Waals surface area contributed by atoms with Crippen LogP contribution in [0.4, 0.5) is 0 Å². The van der Waals surface area contributed by atoms with Gasteiger partial charge in [0.2, 0.25) is 0 Å². The van der Waals surface area contributed by atoms with Gasteiger partial charge in [-0.2, -0.15) is 0 Å². The third kappa shape index (κ3) is 2.73. The van der Waals surface area contributed by atoms with Crippen LogP contribution in [0.3, 0.4) is 0 Å². The van der Waals surface area contributed by atoms with Gasteiger partial charge in [0.1, 0.15) is 11.8 Å². The summed E-state index contributed by atoms with van der Waals surface area (Å²) in [6, 6.07) is 3.60. The van der Waals surface area contributed by atoms with E-state index in [4.69, 9.17) is 4.74 Å². The van der Waals surface area contributed by atoms with Crippen molar-refractivity contribution >= 4 is 5.97 Å². The van der Waals surface area contributed by atoms with Crippen LogP contribution < -0.4 is 4.74 Å². The summed E-state index contributed by atoms with van der Waals surface area (Å²) < 4.78 is 5.37. The van der Waals surface area contributed by atoms with E-state index in [9.17, 15) is 9.90 Å². The highest BCUT2D eigenvalue weighted by molar-refractivity contribution is 5.77. The number of benzene rings is 1. The van der Waals surface area contributed by atoms with Gasteiger partial charge in [-0.3, -0.25) is 9.69 Å². The molecule has 0 amide bonds. The Balaban J connectivity index is 2.45. The summed E-state index contributed by atoms with van der Waals surface area (Å²) in [7, 11) is 3.47. The normalized spacial score (nSPS) is 16.5. The number of carbonyl (C=O) groups is 1. The van der Waals surface area contributed by atoms with Gasteiger partial charge < -0.3 is 9.84 Å². The number of hydrogen-bond acceptors (Lipinski definition) is 3. The third-order valence-electron chi connectivity index (χ3n) is 3.90. The number of ether oxygens (including phenoxy) is 1. The van der Waals surface area contributed by atoms with E-state index < -0.39 is 12.0 Å². The predicted molar refractivity (Wildman–Crippen MR) is 73.6 cm³/mol. The molecule has 0 heterocycles. The highest BCUT2D eigenvalue weighted by Gasteiger charge is 2.37. The van der Waals surface area contributed by atoms with Crippen molar-refractivity contribution < 1.29 is 14.6 Å². The molecule has 104 valence electrons. The maximum Gasteiger partial charge on any atom is 0.325 e. The van der Waals surface area contributed by atoms with Crippen LogP contribution in [0, 0.1) is 13.8 Å². The zero-order valence-corrected chi connectivity index (χ0v) is 11.9. The minimum absolute atomic E-state index is 0.382. The van der Waals surface area contributed by atoms with E-state index in [-0.39, 0.29) is 0 Å². The fraction of sp³-hybridized carbons (Fsp3) is 0.533. The number of aryl methyl sites for hydroxylation is 2. The summed E-state index contributed by atoms with van der Waals surface area (Å²) in [6.45, 7) is 4.00. The summed E-state index contributed by atoms with van der Waals surface area (Å²) >= 11 is 0. The number of carboxylic acid groups (broad SMARTS) is 1. The number of carboxylic acids is 1. The van der Waals surface area contributed by atoms with E-state index >= 15 is 0 Å². The Hall–Kier alpha value is -1.55. The van der Waals surface area contributed by atoms with Crippen LogP contribution in [0.5, 0.6) is 5.75 Å². The maximum atomic E-state index is 11.6. The molecule has 19 heavy (non-hydrogen) atoms. The lowest BCUT2D eigenvalue weighted by molar-refractivity contribution is -0.143. The largest absolute Gasteiger partial charge is 0.496 e. The lowest BCUT2D eigenvalue weighted by Gasteiger charge is -2.26. The molecule has 1 unspecified atom stereocenters. The van der Waals surface area contributed by atoms with Crippen LogP contribution in [-0.2, 0) is 4.79 Å². The van der Waals surface area contributed by atoms with Gasteiger partial charge in [-0.05, 0) is 57.0 Å². The molecular formula is C15H21NO3. The first kappa shape index (κ1) is 13.9. The molecule has 0 spiro atoms. The molecule has 1 aromatic carbocycles. The molecule has 4 nitrogen and oxygen atoms in total. The smallest absolute Gasteiger partial charge is 0.325 e. The molecule has 0 saturated heterocycles. The molecule has 1 aliphatic rings. The topological polar surface area (TPSA) is 49.8 Å². The number of aliphatic carboxylic acids is 1. The van der Waals surface area contributed by atoms with Crippen molar-refractivity contribution in [1.29, 1.82) is 0 Å². The number of methoxy groups -OCH3 is 1. The van der Waals surface area contributed by atoms with Crippen molar-refractivity contribution in [3.8, 4) is 5.75 Å². The monoisotopic (exact) mass is 263 g/mol. The Morgan fingerprint density at radius 3 is 2.42 bits per heavy atom. The summed E-state index contributed by atoms with van der Waals surface area (Å²) in [5.74, 6) is -0.168. The SMILES string of the molecule is COc1cc(C)c(C)cc1C(C(=O)O)N(C)C1CC1. The van der Waals surface area contributed by atoms with Gasteiger partial charge in [0, 0.05) is 11.6 Å². The molecule has 0 aliphatic heterocycles. The Labute approximate surface area is 114 Å². The lowest BCUT2D eigenvalue weighted by Crippen LogP contribution is -2.33. The van der Waals surface area contributed by atoms with E-state index in [1.54, 1.807) is 7.11 Å². The van der Waals surface area contributed by atoms with E-state index in [1.165, 1.54) is 0 Å². The molecule has 1 atom stereocenters. The zero-order valence-electron chi connectivity index (χ0n) is 11.9. The van der Waals surface area contributed by atoms with Crippen molar-refractivity contribution in [2.45, 2.75) is 38.8 Å². The van der Waals surface area contributed by atoms with Crippen LogP contribution in [0.2, 0.25) is 0 Å². The first-order chi connectivity index (χ1) is 8.95. The summed E-state index contributed by atoms with van der Waals surface area (Å²) in [4.78, 5) is 13.6. The van der Waals surface area contributed by atoms with Gasteiger partial charge in [0.25, 0.3) is 0 Å². The lowest BCUT2D eigenvalue weighted by atomic mass is 9.98. The fourth-order valence-electron chi connectivity index (χ4n) is 2.42. The quantitative estimate of drug-likeness (QED) is 0.887. The zero-order chi connectivity index (χ0) is 14.2. The van der Waals surface area contributed by atoms with Crippen LogP contribution >= 0.6 is 0 Å².